The molecule has 0 heterocycles. The van der Waals surface area contributed by atoms with Crippen LogP contribution in [0.3, 0.4) is 0 Å². The van der Waals surface area contributed by atoms with Gasteiger partial charge in [0.05, 0.1) is 6.61 Å². The van der Waals surface area contributed by atoms with Gasteiger partial charge in [-0.05, 0) is 75.4 Å². The van der Waals surface area contributed by atoms with Gasteiger partial charge in [0, 0.05) is 0 Å². The topological polar surface area (TPSA) is 21.3 Å². The number of aryl methyl sites for hydroxylation is 2. The monoisotopic (exact) mass is 263 g/mol. The van der Waals surface area contributed by atoms with E-state index in [0.29, 0.717) is 0 Å². The van der Waals surface area contributed by atoms with E-state index >= 15 is 0 Å². The van der Waals surface area contributed by atoms with Crippen molar-refractivity contribution in [2.75, 3.05) is 19.7 Å². The average Bonchev–Trinajstić information content (AvgIpc) is 2.36. The number of benzene rings is 1. The first kappa shape index (κ1) is 16.0. The highest BCUT2D eigenvalue weighted by Crippen LogP contribution is 2.16. The quantitative estimate of drug-likeness (QED) is 0.677. The van der Waals surface area contributed by atoms with E-state index in [9.17, 15) is 0 Å². The third kappa shape index (κ3) is 7.22. The Bertz CT molecular complexity index is 360. The second kappa shape index (κ2) is 8.98. The zero-order valence-electron chi connectivity index (χ0n) is 13.0. The molecular formula is C17H29NO. The predicted octanol–water partition coefficient (Wildman–Crippen LogP) is 4.10. The highest BCUT2D eigenvalue weighted by atomic mass is 16.5. The third-order valence-corrected chi connectivity index (χ3v) is 3.30. The summed E-state index contributed by atoms with van der Waals surface area (Å²) in [6.07, 6.45) is 3.61. The lowest BCUT2D eigenvalue weighted by Crippen LogP contribution is -2.20. The minimum atomic E-state index is 0.744. The molecule has 0 saturated heterocycles. The molecule has 0 aliphatic carbocycles. The van der Waals surface area contributed by atoms with Gasteiger partial charge in [0.15, 0.2) is 0 Å². The predicted molar refractivity (Wildman–Crippen MR) is 83.0 cm³/mol. The molecule has 0 aromatic heterocycles. The molecule has 0 saturated carbocycles. The molecule has 19 heavy (non-hydrogen) atoms. The number of nitrogens with one attached hydrogen (secondary N) is 1. The summed E-state index contributed by atoms with van der Waals surface area (Å²) in [5.74, 6) is 1.74. The number of hydrogen-bond donors (Lipinski definition) is 1. The highest BCUT2D eigenvalue weighted by molar-refractivity contribution is 5.33. The van der Waals surface area contributed by atoms with Crippen molar-refractivity contribution < 1.29 is 4.74 Å². The Morgan fingerprint density at radius 2 is 1.84 bits per heavy atom. The molecule has 0 aliphatic rings. The molecule has 1 N–H and O–H groups in total. The first-order valence-corrected chi connectivity index (χ1v) is 7.50. The van der Waals surface area contributed by atoms with Gasteiger partial charge in [0.1, 0.15) is 5.75 Å². The van der Waals surface area contributed by atoms with Crippen LogP contribution in [0.15, 0.2) is 18.2 Å². The molecule has 0 amide bonds. The van der Waals surface area contributed by atoms with Gasteiger partial charge in [-0.1, -0.05) is 19.9 Å². The zero-order chi connectivity index (χ0) is 14.1. The Kier molecular flexibility index (Phi) is 7.57. The molecule has 0 fully saturated rings. The number of hydrogen-bond acceptors (Lipinski definition) is 2. The summed E-state index contributed by atoms with van der Waals surface area (Å²) >= 11 is 0. The average molecular weight is 263 g/mol. The van der Waals surface area contributed by atoms with Crippen LogP contribution in [0.1, 0.15) is 44.2 Å². The van der Waals surface area contributed by atoms with Gasteiger partial charge in [-0.2, -0.15) is 0 Å². The van der Waals surface area contributed by atoms with Gasteiger partial charge < -0.3 is 10.1 Å². The third-order valence-electron chi connectivity index (χ3n) is 3.30. The summed E-state index contributed by atoms with van der Waals surface area (Å²) in [4.78, 5) is 0. The van der Waals surface area contributed by atoms with Crippen molar-refractivity contribution in [3.63, 3.8) is 0 Å². The first-order valence-electron chi connectivity index (χ1n) is 7.50. The molecular weight excluding hydrogens is 234 g/mol. The Balaban J connectivity index is 2.03. The normalized spacial score (nSPS) is 11.0. The maximum absolute atomic E-state index is 5.77. The lowest BCUT2D eigenvalue weighted by atomic mass is 10.1. The van der Waals surface area contributed by atoms with Gasteiger partial charge in [0.25, 0.3) is 0 Å². The van der Waals surface area contributed by atoms with Gasteiger partial charge in [0.2, 0.25) is 0 Å². The molecule has 0 radical (unpaired) electrons. The standard InChI is InChI=1S/C17H29NO/c1-14(2)13-18-10-6-5-7-11-19-17-9-8-15(3)16(4)12-17/h8-9,12,14,18H,5-7,10-11,13H2,1-4H3. The number of rotatable bonds is 9. The molecule has 1 rings (SSSR count). The summed E-state index contributed by atoms with van der Waals surface area (Å²) < 4.78 is 5.77. The van der Waals surface area contributed by atoms with Crippen LogP contribution in [-0.2, 0) is 0 Å². The molecule has 1 aromatic carbocycles. The molecule has 0 bridgehead atoms. The molecule has 108 valence electrons. The fraction of sp³-hybridized carbons (Fsp3) is 0.647. The van der Waals surface area contributed by atoms with Crippen LogP contribution in [0.4, 0.5) is 0 Å². The zero-order valence-corrected chi connectivity index (χ0v) is 13.0. The van der Waals surface area contributed by atoms with E-state index in [1.54, 1.807) is 0 Å². The highest BCUT2D eigenvalue weighted by Gasteiger charge is 1.97. The SMILES string of the molecule is Cc1ccc(OCCCCCNCC(C)C)cc1C. The molecule has 2 heteroatoms. The molecule has 0 unspecified atom stereocenters. The van der Waals surface area contributed by atoms with Crippen molar-refractivity contribution in [1.29, 1.82) is 0 Å². The second-order valence-electron chi connectivity index (χ2n) is 5.75. The van der Waals surface area contributed by atoms with Gasteiger partial charge in [-0.3, -0.25) is 0 Å². The van der Waals surface area contributed by atoms with Crippen molar-refractivity contribution in [1.82, 2.24) is 5.32 Å². The van der Waals surface area contributed by atoms with Gasteiger partial charge in [-0.15, -0.1) is 0 Å². The van der Waals surface area contributed by atoms with Crippen LogP contribution in [-0.4, -0.2) is 19.7 Å². The minimum Gasteiger partial charge on any atom is -0.494 e. The Morgan fingerprint density at radius 1 is 1.05 bits per heavy atom. The van der Waals surface area contributed by atoms with E-state index in [1.165, 1.54) is 24.0 Å². The van der Waals surface area contributed by atoms with Crippen molar-refractivity contribution in [3.8, 4) is 5.75 Å². The summed E-state index contributed by atoms with van der Waals surface area (Å²) in [5.41, 5.74) is 2.62. The largest absolute Gasteiger partial charge is 0.494 e. The Hall–Kier alpha value is -1.02. The van der Waals surface area contributed by atoms with Crippen molar-refractivity contribution in [3.05, 3.63) is 29.3 Å². The Labute approximate surface area is 118 Å². The fourth-order valence-corrected chi connectivity index (χ4v) is 1.91. The maximum Gasteiger partial charge on any atom is 0.119 e. The van der Waals surface area contributed by atoms with E-state index in [0.717, 1.165) is 37.8 Å². The summed E-state index contributed by atoms with van der Waals surface area (Å²) in [5, 5.41) is 3.47. The molecule has 0 aliphatic heterocycles. The summed E-state index contributed by atoms with van der Waals surface area (Å²) in [7, 11) is 0. The Morgan fingerprint density at radius 3 is 2.53 bits per heavy atom. The molecule has 0 atom stereocenters. The smallest absolute Gasteiger partial charge is 0.119 e. The first-order chi connectivity index (χ1) is 9.09. The van der Waals surface area contributed by atoms with E-state index in [4.69, 9.17) is 4.74 Å². The van der Waals surface area contributed by atoms with Crippen LogP contribution < -0.4 is 10.1 Å². The second-order valence-corrected chi connectivity index (χ2v) is 5.75. The minimum absolute atomic E-state index is 0.744. The maximum atomic E-state index is 5.77. The molecule has 2 nitrogen and oxygen atoms in total. The number of ether oxygens (including phenoxy) is 1. The van der Waals surface area contributed by atoms with Crippen LogP contribution >= 0.6 is 0 Å². The van der Waals surface area contributed by atoms with Crippen LogP contribution in [0.25, 0.3) is 0 Å². The lowest BCUT2D eigenvalue weighted by Gasteiger charge is -2.09. The molecule has 1 aromatic rings. The summed E-state index contributed by atoms with van der Waals surface area (Å²) in [6, 6.07) is 6.31. The van der Waals surface area contributed by atoms with E-state index in [1.807, 2.05) is 0 Å². The van der Waals surface area contributed by atoms with Crippen LogP contribution in [0, 0.1) is 19.8 Å². The summed E-state index contributed by atoms with van der Waals surface area (Å²) in [6.45, 7) is 11.8. The van der Waals surface area contributed by atoms with E-state index < -0.39 is 0 Å². The van der Waals surface area contributed by atoms with E-state index in [2.05, 4.69) is 51.2 Å². The number of unbranched alkanes of at least 4 members (excludes halogenated alkanes) is 2. The van der Waals surface area contributed by atoms with Gasteiger partial charge in [-0.25, -0.2) is 0 Å². The van der Waals surface area contributed by atoms with Crippen LogP contribution in [0.2, 0.25) is 0 Å². The molecule has 0 spiro atoms. The fourth-order valence-electron chi connectivity index (χ4n) is 1.91. The van der Waals surface area contributed by atoms with Crippen molar-refractivity contribution in [2.45, 2.75) is 47.0 Å². The van der Waals surface area contributed by atoms with E-state index in [-0.39, 0.29) is 0 Å². The van der Waals surface area contributed by atoms with Gasteiger partial charge >= 0.3 is 0 Å². The van der Waals surface area contributed by atoms with Crippen molar-refractivity contribution in [2.24, 2.45) is 5.92 Å². The van der Waals surface area contributed by atoms with Crippen LogP contribution in [0.5, 0.6) is 5.75 Å². The van der Waals surface area contributed by atoms with Crippen molar-refractivity contribution >= 4 is 0 Å². The lowest BCUT2D eigenvalue weighted by molar-refractivity contribution is 0.304.